The SMILES string of the molecule is c1ccc2cc(-c3nc(-n4c5ccccc5c5c4ccc4c6ccccc6n(-c6ccc7c8ccccc8c8ccccc8c7c6)c45)nc4sc5ccccc5c34)ccc2c1. The first-order valence-electron chi connectivity index (χ1n) is 20.7. The van der Waals surface area contributed by atoms with Crippen LogP contribution in [0.15, 0.2) is 194 Å². The first-order valence-corrected chi connectivity index (χ1v) is 21.6. The number of fused-ring (bicyclic) bond motifs is 17. The zero-order chi connectivity index (χ0) is 39.8. The lowest BCUT2D eigenvalue weighted by Gasteiger charge is -2.14. The second-order valence-electron chi connectivity index (χ2n) is 16.1. The average molecular weight is 793 g/mol. The van der Waals surface area contributed by atoms with Crippen LogP contribution in [0.2, 0.25) is 0 Å². The number of nitrogens with zero attached hydrogens (tertiary/aromatic N) is 4. The van der Waals surface area contributed by atoms with Gasteiger partial charge in [-0.1, -0.05) is 152 Å². The third-order valence-corrected chi connectivity index (χ3v) is 14.0. The van der Waals surface area contributed by atoms with Crippen LogP contribution in [0.1, 0.15) is 0 Å². The van der Waals surface area contributed by atoms with Crippen molar-refractivity contribution < 1.29 is 0 Å². The van der Waals surface area contributed by atoms with Crippen LogP contribution in [0, 0.1) is 0 Å². The number of thiophene rings is 1. The first kappa shape index (κ1) is 33.0. The molecule has 4 aromatic heterocycles. The smallest absolute Gasteiger partial charge is 0.236 e. The molecule has 5 heteroatoms. The van der Waals surface area contributed by atoms with Crippen molar-refractivity contribution in [2.24, 2.45) is 0 Å². The molecule has 0 N–H and O–H groups in total. The Hall–Kier alpha value is -7.86. The monoisotopic (exact) mass is 792 g/mol. The molecular formula is C56H32N4S. The fourth-order valence-corrected chi connectivity index (χ4v) is 11.4. The molecule has 0 radical (unpaired) electrons. The van der Waals surface area contributed by atoms with E-state index in [0.717, 1.165) is 43.6 Å². The van der Waals surface area contributed by atoms with Crippen molar-refractivity contribution in [3.63, 3.8) is 0 Å². The lowest BCUT2D eigenvalue weighted by molar-refractivity contribution is 1.02. The van der Waals surface area contributed by atoms with Crippen LogP contribution in [0.3, 0.4) is 0 Å². The number of benzene rings is 10. The molecule has 4 heterocycles. The second-order valence-corrected chi connectivity index (χ2v) is 17.1. The number of hydrogen-bond acceptors (Lipinski definition) is 3. The summed E-state index contributed by atoms with van der Waals surface area (Å²) in [6.45, 7) is 0. The van der Waals surface area contributed by atoms with Gasteiger partial charge in [-0.15, -0.1) is 11.3 Å². The zero-order valence-corrected chi connectivity index (χ0v) is 33.5. The highest BCUT2D eigenvalue weighted by Crippen LogP contribution is 2.45. The molecule has 0 bridgehead atoms. The molecule has 0 aliphatic rings. The molecule has 0 amide bonds. The molecule has 0 spiro atoms. The van der Waals surface area contributed by atoms with Gasteiger partial charge in [-0.25, -0.2) is 9.97 Å². The predicted octanol–water partition coefficient (Wildman–Crippen LogP) is 15.3. The Morgan fingerprint density at radius 3 is 1.72 bits per heavy atom. The fraction of sp³-hybridized carbons (Fsp3) is 0. The molecule has 10 aromatic carbocycles. The van der Waals surface area contributed by atoms with Gasteiger partial charge in [-0.3, -0.25) is 4.57 Å². The summed E-state index contributed by atoms with van der Waals surface area (Å²) in [4.78, 5) is 12.0. The number of para-hydroxylation sites is 2. The van der Waals surface area contributed by atoms with Crippen molar-refractivity contribution in [2.45, 2.75) is 0 Å². The van der Waals surface area contributed by atoms with Gasteiger partial charge in [-0.05, 0) is 85.6 Å². The Kier molecular flexibility index (Phi) is 6.68. The Labute approximate surface area is 352 Å². The van der Waals surface area contributed by atoms with E-state index in [1.165, 1.54) is 80.4 Å². The van der Waals surface area contributed by atoms with Crippen molar-refractivity contribution in [1.82, 2.24) is 19.1 Å². The minimum absolute atomic E-state index is 0.666. The third-order valence-electron chi connectivity index (χ3n) is 12.9. The molecule has 0 atom stereocenters. The fourth-order valence-electron chi connectivity index (χ4n) is 10.3. The van der Waals surface area contributed by atoms with E-state index in [2.05, 4.69) is 203 Å². The quantitative estimate of drug-likeness (QED) is 0.167. The van der Waals surface area contributed by atoms with E-state index in [1.807, 2.05) is 0 Å². The van der Waals surface area contributed by atoms with Crippen LogP contribution >= 0.6 is 11.3 Å². The Balaban J connectivity index is 1.10. The summed E-state index contributed by atoms with van der Waals surface area (Å²) in [6, 6.07) is 70.7. The van der Waals surface area contributed by atoms with E-state index in [-0.39, 0.29) is 0 Å². The summed E-state index contributed by atoms with van der Waals surface area (Å²) in [7, 11) is 0. The summed E-state index contributed by atoms with van der Waals surface area (Å²) >= 11 is 1.74. The van der Waals surface area contributed by atoms with Crippen molar-refractivity contribution in [2.75, 3.05) is 0 Å². The van der Waals surface area contributed by atoms with Crippen LogP contribution in [0.4, 0.5) is 0 Å². The minimum Gasteiger partial charge on any atom is -0.309 e. The van der Waals surface area contributed by atoms with Crippen molar-refractivity contribution in [1.29, 1.82) is 0 Å². The maximum atomic E-state index is 5.59. The molecule has 14 aromatic rings. The van der Waals surface area contributed by atoms with Crippen molar-refractivity contribution in [3.8, 4) is 22.9 Å². The molecule has 0 saturated heterocycles. The summed E-state index contributed by atoms with van der Waals surface area (Å²) < 4.78 is 5.99. The molecule has 14 rings (SSSR count). The molecule has 0 saturated carbocycles. The maximum absolute atomic E-state index is 5.59. The highest BCUT2D eigenvalue weighted by atomic mass is 32.1. The van der Waals surface area contributed by atoms with Gasteiger partial charge in [0.25, 0.3) is 0 Å². The van der Waals surface area contributed by atoms with Crippen molar-refractivity contribution in [3.05, 3.63) is 194 Å². The lowest BCUT2D eigenvalue weighted by Crippen LogP contribution is -2.02. The standard InChI is InChI=1S/C56H32N4S/c1-2-14-34-31-35(26-25-33(34)13-1)53-52-45-21-9-12-24-50(45)61-55(52)58-56(57-53)60-48-23-11-8-20-44(48)51-49(60)30-29-43-42-19-7-10-22-47(42)59(54(43)51)36-27-28-41-39-17-4-3-15-37(39)38-16-5-6-18-40(38)46(41)32-36/h1-32H. The predicted molar refractivity (Wildman–Crippen MR) is 259 cm³/mol. The van der Waals surface area contributed by atoms with Gasteiger partial charge >= 0.3 is 0 Å². The van der Waals surface area contributed by atoms with Gasteiger partial charge in [0.1, 0.15) is 4.83 Å². The van der Waals surface area contributed by atoms with E-state index in [9.17, 15) is 0 Å². The number of hydrogen-bond donors (Lipinski definition) is 0. The normalized spacial score (nSPS) is 12.3. The largest absolute Gasteiger partial charge is 0.309 e. The Morgan fingerprint density at radius 2 is 0.951 bits per heavy atom. The van der Waals surface area contributed by atoms with Crippen LogP contribution in [0.5, 0.6) is 0 Å². The molecule has 282 valence electrons. The van der Waals surface area contributed by atoms with Gasteiger partial charge in [-0.2, -0.15) is 0 Å². The lowest BCUT2D eigenvalue weighted by atomic mass is 9.94. The van der Waals surface area contributed by atoms with Crippen LogP contribution in [0.25, 0.3) is 130 Å². The third kappa shape index (κ3) is 4.58. The number of rotatable bonds is 3. The summed E-state index contributed by atoms with van der Waals surface area (Å²) in [5.74, 6) is 0.666. The Morgan fingerprint density at radius 1 is 0.361 bits per heavy atom. The molecular weight excluding hydrogens is 761 g/mol. The average Bonchev–Trinajstić information content (AvgIpc) is 3.99. The van der Waals surface area contributed by atoms with E-state index in [4.69, 9.17) is 9.97 Å². The molecule has 0 aliphatic heterocycles. The van der Waals surface area contributed by atoms with Crippen LogP contribution in [-0.2, 0) is 0 Å². The van der Waals surface area contributed by atoms with Gasteiger partial charge in [0.15, 0.2) is 0 Å². The minimum atomic E-state index is 0.666. The topological polar surface area (TPSA) is 35.6 Å². The van der Waals surface area contributed by atoms with Gasteiger partial charge in [0.2, 0.25) is 5.95 Å². The van der Waals surface area contributed by atoms with E-state index in [0.29, 0.717) is 5.95 Å². The molecule has 0 fully saturated rings. The van der Waals surface area contributed by atoms with E-state index in [1.54, 1.807) is 11.3 Å². The van der Waals surface area contributed by atoms with Crippen molar-refractivity contribution >= 4 is 118 Å². The van der Waals surface area contributed by atoms with E-state index < -0.39 is 0 Å². The molecule has 0 unspecified atom stereocenters. The summed E-state index contributed by atoms with van der Waals surface area (Å²) in [5, 5.41) is 17.1. The maximum Gasteiger partial charge on any atom is 0.236 e. The summed E-state index contributed by atoms with van der Waals surface area (Å²) in [5.41, 5.74) is 7.65. The molecule has 61 heavy (non-hydrogen) atoms. The van der Waals surface area contributed by atoms with Gasteiger partial charge < -0.3 is 4.57 Å². The molecule has 0 aliphatic carbocycles. The highest BCUT2D eigenvalue weighted by molar-refractivity contribution is 7.25. The van der Waals surface area contributed by atoms with Crippen LogP contribution < -0.4 is 0 Å². The Bertz CT molecular complexity index is 4150. The number of aromatic nitrogens is 4. The van der Waals surface area contributed by atoms with Crippen LogP contribution in [-0.4, -0.2) is 19.1 Å². The first-order chi connectivity index (χ1) is 30.3. The van der Waals surface area contributed by atoms with Gasteiger partial charge in [0.05, 0.1) is 27.8 Å². The summed E-state index contributed by atoms with van der Waals surface area (Å²) in [6.07, 6.45) is 0. The highest BCUT2D eigenvalue weighted by Gasteiger charge is 2.24. The van der Waals surface area contributed by atoms with E-state index >= 15 is 0 Å². The van der Waals surface area contributed by atoms with Gasteiger partial charge in [0, 0.05) is 48.3 Å². The molecule has 4 nitrogen and oxygen atoms in total. The zero-order valence-electron chi connectivity index (χ0n) is 32.7. The second kappa shape index (κ2) is 12.3.